The van der Waals surface area contributed by atoms with E-state index >= 15 is 0 Å². The Balaban J connectivity index is 1.62. The number of rotatable bonds is 6. The van der Waals surface area contributed by atoms with Gasteiger partial charge in [-0.15, -0.1) is 13.2 Å². The third kappa shape index (κ3) is 5.12. The fraction of sp³-hybridized carbons (Fsp3) is 0.227. The van der Waals surface area contributed by atoms with Crippen molar-refractivity contribution in [3.63, 3.8) is 0 Å². The van der Waals surface area contributed by atoms with Crippen LogP contribution in [0.1, 0.15) is 35.8 Å². The van der Waals surface area contributed by atoms with E-state index in [0.717, 1.165) is 12.1 Å². The number of amides is 1. The van der Waals surface area contributed by atoms with Gasteiger partial charge < -0.3 is 15.2 Å². The van der Waals surface area contributed by atoms with Crippen molar-refractivity contribution < 1.29 is 27.8 Å². The van der Waals surface area contributed by atoms with Crippen LogP contribution in [0.5, 0.6) is 5.75 Å². The van der Waals surface area contributed by atoms with E-state index in [4.69, 9.17) is 0 Å². The highest BCUT2D eigenvalue weighted by Crippen LogP contribution is 2.29. The number of hydrogen-bond acceptors (Lipinski definition) is 7. The van der Waals surface area contributed by atoms with E-state index in [1.807, 2.05) is 0 Å². The standard InChI is InChI=1S/C22H19F3N6O3/c1-21(2,33)18(13-3-5-15(6-4-13)34-22(23,24)25)30-20(32)16-11-28-31-8-7-17(29-19(16)31)14-9-26-12-27-10-14/h3-12,18,33H,1-2H3,(H,30,32)/t18-/m0/s1. The molecule has 0 bridgehead atoms. The Bertz CT molecular complexity index is 1300. The molecule has 0 unspecified atom stereocenters. The highest BCUT2D eigenvalue weighted by Gasteiger charge is 2.33. The van der Waals surface area contributed by atoms with Crippen LogP contribution in [-0.4, -0.2) is 47.5 Å². The molecule has 3 heterocycles. The lowest BCUT2D eigenvalue weighted by Gasteiger charge is -2.30. The molecule has 0 saturated carbocycles. The lowest BCUT2D eigenvalue weighted by Crippen LogP contribution is -2.42. The maximum absolute atomic E-state index is 13.1. The van der Waals surface area contributed by atoms with Crippen molar-refractivity contribution in [3.05, 3.63) is 72.6 Å². The van der Waals surface area contributed by atoms with Gasteiger partial charge in [0.2, 0.25) is 0 Å². The predicted molar refractivity (Wildman–Crippen MR) is 114 cm³/mol. The molecule has 12 heteroatoms. The maximum atomic E-state index is 13.1. The SMILES string of the molecule is CC(C)(O)[C@@H](NC(=O)c1cnn2ccc(-c3cncnc3)nc12)c1ccc(OC(F)(F)F)cc1. The Labute approximate surface area is 191 Å². The minimum Gasteiger partial charge on any atom is -0.406 e. The Morgan fingerprint density at radius 2 is 1.76 bits per heavy atom. The maximum Gasteiger partial charge on any atom is 0.573 e. The van der Waals surface area contributed by atoms with Gasteiger partial charge in [-0.2, -0.15) is 5.10 Å². The number of nitrogens with zero attached hydrogens (tertiary/aromatic N) is 5. The van der Waals surface area contributed by atoms with Crippen LogP contribution in [0, 0.1) is 0 Å². The Kier molecular flexibility index (Phi) is 5.92. The van der Waals surface area contributed by atoms with Gasteiger partial charge >= 0.3 is 6.36 Å². The van der Waals surface area contributed by atoms with Crippen LogP contribution in [0.25, 0.3) is 16.9 Å². The molecule has 34 heavy (non-hydrogen) atoms. The topological polar surface area (TPSA) is 115 Å². The van der Waals surface area contributed by atoms with Crippen LogP contribution < -0.4 is 10.1 Å². The van der Waals surface area contributed by atoms with Crippen molar-refractivity contribution >= 4 is 11.6 Å². The first kappa shape index (κ1) is 23.1. The second-order valence-corrected chi connectivity index (χ2v) is 7.94. The molecule has 4 aromatic rings. The van der Waals surface area contributed by atoms with Crippen molar-refractivity contribution in [3.8, 4) is 17.0 Å². The summed E-state index contributed by atoms with van der Waals surface area (Å²) in [6, 6.07) is 5.64. The fourth-order valence-electron chi connectivity index (χ4n) is 3.36. The summed E-state index contributed by atoms with van der Waals surface area (Å²) >= 11 is 0. The minimum atomic E-state index is -4.83. The van der Waals surface area contributed by atoms with Crippen molar-refractivity contribution in [1.82, 2.24) is 29.9 Å². The zero-order valence-electron chi connectivity index (χ0n) is 18.0. The molecule has 3 aromatic heterocycles. The van der Waals surface area contributed by atoms with Crippen LogP contribution in [-0.2, 0) is 0 Å². The summed E-state index contributed by atoms with van der Waals surface area (Å²) in [7, 11) is 0. The van der Waals surface area contributed by atoms with E-state index in [-0.39, 0.29) is 11.2 Å². The number of carbonyl (C=O) groups excluding carboxylic acids is 1. The number of ether oxygens (including phenoxy) is 1. The van der Waals surface area contributed by atoms with E-state index in [0.29, 0.717) is 16.8 Å². The summed E-state index contributed by atoms with van der Waals surface area (Å²) in [5, 5.41) is 17.5. The van der Waals surface area contributed by atoms with Crippen molar-refractivity contribution in [1.29, 1.82) is 0 Å². The third-order valence-corrected chi connectivity index (χ3v) is 4.90. The molecular weight excluding hydrogens is 453 g/mol. The zero-order valence-corrected chi connectivity index (χ0v) is 18.0. The van der Waals surface area contributed by atoms with E-state index in [1.165, 1.54) is 43.0 Å². The van der Waals surface area contributed by atoms with Gasteiger partial charge in [0.15, 0.2) is 5.65 Å². The molecule has 0 saturated heterocycles. The molecule has 0 aliphatic heterocycles. The molecule has 0 aliphatic carbocycles. The molecule has 1 atom stereocenters. The smallest absolute Gasteiger partial charge is 0.406 e. The molecule has 1 aromatic carbocycles. The predicted octanol–water partition coefficient (Wildman–Crippen LogP) is 3.33. The highest BCUT2D eigenvalue weighted by atomic mass is 19.4. The van der Waals surface area contributed by atoms with E-state index in [1.54, 1.807) is 24.7 Å². The van der Waals surface area contributed by atoms with Gasteiger partial charge in [0.05, 0.1) is 23.5 Å². The number of fused-ring (bicyclic) bond motifs is 1. The lowest BCUT2D eigenvalue weighted by molar-refractivity contribution is -0.274. The highest BCUT2D eigenvalue weighted by molar-refractivity contribution is 6.00. The van der Waals surface area contributed by atoms with Crippen LogP contribution in [0.15, 0.2) is 61.4 Å². The van der Waals surface area contributed by atoms with Gasteiger partial charge in [-0.05, 0) is 37.6 Å². The first-order valence-electron chi connectivity index (χ1n) is 10.00. The Hall–Kier alpha value is -4.06. The largest absolute Gasteiger partial charge is 0.573 e. The molecular formula is C22H19F3N6O3. The monoisotopic (exact) mass is 472 g/mol. The second-order valence-electron chi connectivity index (χ2n) is 7.94. The minimum absolute atomic E-state index is 0.143. The second kappa shape index (κ2) is 8.71. The number of carbonyl (C=O) groups is 1. The molecule has 0 aliphatic rings. The van der Waals surface area contributed by atoms with Gasteiger partial charge in [-0.3, -0.25) is 4.79 Å². The molecule has 4 rings (SSSR count). The molecule has 2 N–H and O–H groups in total. The number of benzene rings is 1. The number of nitrogens with one attached hydrogen (secondary N) is 1. The zero-order chi connectivity index (χ0) is 24.5. The molecule has 0 spiro atoms. The summed E-state index contributed by atoms with van der Waals surface area (Å²) in [6.07, 6.45) is 2.70. The number of hydrogen-bond donors (Lipinski definition) is 2. The summed E-state index contributed by atoms with van der Waals surface area (Å²) in [4.78, 5) is 25.5. The molecule has 9 nitrogen and oxygen atoms in total. The van der Waals surface area contributed by atoms with Crippen molar-refractivity contribution in [2.75, 3.05) is 0 Å². The number of alkyl halides is 3. The molecule has 1 amide bonds. The number of aromatic nitrogens is 5. The fourth-order valence-corrected chi connectivity index (χ4v) is 3.36. The quantitative estimate of drug-likeness (QED) is 0.442. The first-order valence-corrected chi connectivity index (χ1v) is 10.00. The van der Waals surface area contributed by atoms with Crippen LogP contribution in [0.3, 0.4) is 0 Å². The summed E-state index contributed by atoms with van der Waals surface area (Å²) < 4.78 is 42.6. The lowest BCUT2D eigenvalue weighted by atomic mass is 9.91. The average molecular weight is 472 g/mol. The van der Waals surface area contributed by atoms with Crippen LogP contribution in [0.4, 0.5) is 13.2 Å². The van der Waals surface area contributed by atoms with Crippen LogP contribution in [0.2, 0.25) is 0 Å². The van der Waals surface area contributed by atoms with E-state index in [9.17, 15) is 23.1 Å². The van der Waals surface area contributed by atoms with Gasteiger partial charge in [0.25, 0.3) is 5.91 Å². The average Bonchev–Trinajstić information content (AvgIpc) is 3.20. The van der Waals surface area contributed by atoms with Gasteiger partial charge in [0.1, 0.15) is 17.6 Å². The first-order chi connectivity index (χ1) is 16.0. The number of halogens is 3. The Morgan fingerprint density at radius 1 is 1.09 bits per heavy atom. The molecule has 0 radical (unpaired) electrons. The van der Waals surface area contributed by atoms with E-state index in [2.05, 4.69) is 30.1 Å². The number of aliphatic hydroxyl groups is 1. The molecule has 0 fully saturated rings. The van der Waals surface area contributed by atoms with Crippen LogP contribution >= 0.6 is 0 Å². The van der Waals surface area contributed by atoms with Crippen molar-refractivity contribution in [2.24, 2.45) is 0 Å². The normalized spacial score (nSPS) is 13.0. The Morgan fingerprint density at radius 3 is 2.38 bits per heavy atom. The molecule has 176 valence electrons. The van der Waals surface area contributed by atoms with Gasteiger partial charge in [-0.1, -0.05) is 12.1 Å². The third-order valence-electron chi connectivity index (χ3n) is 4.90. The summed E-state index contributed by atoms with van der Waals surface area (Å²) in [5.74, 6) is -0.993. The van der Waals surface area contributed by atoms with Gasteiger partial charge in [-0.25, -0.2) is 19.5 Å². The van der Waals surface area contributed by atoms with Gasteiger partial charge in [0, 0.05) is 24.2 Å². The van der Waals surface area contributed by atoms with E-state index < -0.39 is 29.7 Å². The summed E-state index contributed by atoms with van der Waals surface area (Å²) in [6.45, 7) is 2.94. The van der Waals surface area contributed by atoms with Crippen molar-refractivity contribution in [2.45, 2.75) is 31.9 Å². The summed E-state index contributed by atoms with van der Waals surface area (Å²) in [5.41, 5.74) is 0.509.